The zero-order chi connectivity index (χ0) is 13.3. The second kappa shape index (κ2) is 6.12. The zero-order valence-corrected chi connectivity index (χ0v) is 13.2. The Balaban J connectivity index is 0.00000147. The van der Waals surface area contributed by atoms with E-state index in [0.29, 0.717) is 5.13 Å². The van der Waals surface area contributed by atoms with Crippen LogP contribution in [0.1, 0.15) is 23.8 Å². The van der Waals surface area contributed by atoms with E-state index in [1.54, 1.807) is 11.3 Å². The third-order valence-electron chi connectivity index (χ3n) is 3.97. The lowest BCUT2D eigenvalue weighted by molar-refractivity contribution is 0.311. The van der Waals surface area contributed by atoms with Crippen molar-refractivity contribution in [3.8, 4) is 0 Å². The predicted molar refractivity (Wildman–Crippen MR) is 87.5 cm³/mol. The number of hydrogen-bond acceptors (Lipinski definition) is 4. The molecule has 1 fully saturated rings. The molecule has 2 N–H and O–H groups in total. The molecule has 3 rings (SSSR count). The van der Waals surface area contributed by atoms with Crippen molar-refractivity contribution in [2.75, 3.05) is 18.8 Å². The van der Waals surface area contributed by atoms with Crippen molar-refractivity contribution in [1.29, 1.82) is 0 Å². The number of aromatic nitrogens is 1. The average molecular weight is 310 g/mol. The summed E-state index contributed by atoms with van der Waals surface area (Å²) >= 11 is 1.60. The summed E-state index contributed by atoms with van der Waals surface area (Å²) in [7, 11) is 0. The molecule has 0 bridgehead atoms. The maximum atomic E-state index is 5.69. The zero-order valence-electron chi connectivity index (χ0n) is 11.6. The molecule has 1 unspecified atom stereocenters. The maximum Gasteiger partial charge on any atom is 0.180 e. The lowest BCUT2D eigenvalue weighted by Crippen LogP contribution is -2.27. The molecule has 3 nitrogen and oxygen atoms in total. The van der Waals surface area contributed by atoms with Gasteiger partial charge in [0.1, 0.15) is 0 Å². The van der Waals surface area contributed by atoms with Gasteiger partial charge in [0, 0.05) is 29.6 Å². The molecule has 2 heterocycles. The van der Waals surface area contributed by atoms with Crippen LogP contribution in [0.2, 0.25) is 0 Å². The van der Waals surface area contributed by atoms with E-state index in [-0.39, 0.29) is 17.8 Å². The smallest absolute Gasteiger partial charge is 0.180 e. The van der Waals surface area contributed by atoms with Gasteiger partial charge >= 0.3 is 0 Å². The normalized spacial score (nSPS) is 22.6. The SMILES string of the molecule is CC1(c2ccccc2)CCN(Cc2cnc(N)s2)C1.Cl. The van der Waals surface area contributed by atoms with Crippen LogP contribution in [0.3, 0.4) is 0 Å². The Morgan fingerprint density at radius 2 is 2.10 bits per heavy atom. The van der Waals surface area contributed by atoms with Crippen molar-refractivity contribution in [3.05, 3.63) is 47.0 Å². The Kier molecular flexibility index (Phi) is 4.68. The molecule has 1 saturated heterocycles. The minimum atomic E-state index is 0. The van der Waals surface area contributed by atoms with Crippen LogP contribution in [0, 0.1) is 0 Å². The molecule has 0 amide bonds. The van der Waals surface area contributed by atoms with Crippen LogP contribution >= 0.6 is 23.7 Å². The minimum Gasteiger partial charge on any atom is -0.375 e. The highest BCUT2D eigenvalue weighted by Crippen LogP contribution is 2.35. The molecule has 0 radical (unpaired) electrons. The van der Waals surface area contributed by atoms with E-state index in [0.717, 1.165) is 19.6 Å². The van der Waals surface area contributed by atoms with Gasteiger partial charge in [-0.1, -0.05) is 37.3 Å². The van der Waals surface area contributed by atoms with Gasteiger partial charge in [-0.15, -0.1) is 23.7 Å². The van der Waals surface area contributed by atoms with Crippen molar-refractivity contribution in [3.63, 3.8) is 0 Å². The summed E-state index contributed by atoms with van der Waals surface area (Å²) in [6.45, 7) is 5.58. The first-order valence-electron chi connectivity index (χ1n) is 6.64. The Labute approximate surface area is 130 Å². The van der Waals surface area contributed by atoms with Crippen LogP contribution in [0.15, 0.2) is 36.5 Å². The highest BCUT2D eigenvalue weighted by atomic mass is 35.5. The summed E-state index contributed by atoms with van der Waals surface area (Å²) in [5.74, 6) is 0. The van der Waals surface area contributed by atoms with Gasteiger partial charge in [0.2, 0.25) is 0 Å². The van der Waals surface area contributed by atoms with Gasteiger partial charge in [-0.25, -0.2) is 4.98 Å². The Morgan fingerprint density at radius 3 is 2.75 bits per heavy atom. The van der Waals surface area contributed by atoms with Gasteiger partial charge in [-0.3, -0.25) is 4.90 Å². The highest BCUT2D eigenvalue weighted by molar-refractivity contribution is 7.15. The molecule has 5 heteroatoms. The fraction of sp³-hybridized carbons (Fsp3) is 0.400. The van der Waals surface area contributed by atoms with E-state index < -0.39 is 0 Å². The van der Waals surface area contributed by atoms with Crippen LogP contribution in [0.5, 0.6) is 0 Å². The van der Waals surface area contributed by atoms with Crippen LogP contribution in [-0.2, 0) is 12.0 Å². The van der Waals surface area contributed by atoms with Crippen LogP contribution in [-0.4, -0.2) is 23.0 Å². The number of likely N-dealkylation sites (tertiary alicyclic amines) is 1. The lowest BCUT2D eigenvalue weighted by atomic mass is 9.82. The van der Waals surface area contributed by atoms with Gasteiger partial charge in [0.05, 0.1) is 0 Å². The molecule has 0 aliphatic carbocycles. The number of thiazole rings is 1. The van der Waals surface area contributed by atoms with Gasteiger partial charge in [-0.05, 0) is 18.5 Å². The number of nitrogens with zero attached hydrogens (tertiary/aromatic N) is 2. The number of halogens is 1. The molecular formula is C15H20ClN3S. The van der Waals surface area contributed by atoms with Crippen molar-refractivity contribution >= 4 is 28.9 Å². The van der Waals surface area contributed by atoms with Crippen molar-refractivity contribution in [2.24, 2.45) is 0 Å². The molecule has 2 aromatic rings. The summed E-state index contributed by atoms with van der Waals surface area (Å²) in [4.78, 5) is 7.88. The highest BCUT2D eigenvalue weighted by Gasteiger charge is 2.35. The average Bonchev–Trinajstić information content (AvgIpc) is 2.99. The van der Waals surface area contributed by atoms with Gasteiger partial charge in [0.25, 0.3) is 0 Å². The molecule has 1 atom stereocenters. The van der Waals surface area contributed by atoms with Crippen molar-refractivity contribution < 1.29 is 0 Å². The van der Waals surface area contributed by atoms with E-state index >= 15 is 0 Å². The number of rotatable bonds is 3. The first kappa shape index (κ1) is 15.3. The molecule has 20 heavy (non-hydrogen) atoms. The minimum absolute atomic E-state index is 0. The van der Waals surface area contributed by atoms with Crippen LogP contribution < -0.4 is 5.73 Å². The number of benzene rings is 1. The largest absolute Gasteiger partial charge is 0.375 e. The van der Waals surface area contributed by atoms with Crippen LogP contribution in [0.4, 0.5) is 5.13 Å². The third kappa shape index (κ3) is 3.14. The van der Waals surface area contributed by atoms with E-state index in [9.17, 15) is 0 Å². The number of hydrogen-bond donors (Lipinski definition) is 1. The summed E-state index contributed by atoms with van der Waals surface area (Å²) in [5, 5.41) is 0.667. The van der Waals surface area contributed by atoms with E-state index in [2.05, 4.69) is 47.1 Å². The van der Waals surface area contributed by atoms with E-state index in [1.165, 1.54) is 16.9 Å². The quantitative estimate of drug-likeness (QED) is 0.946. The summed E-state index contributed by atoms with van der Waals surface area (Å²) in [5.41, 5.74) is 7.41. The molecule has 1 aliphatic heterocycles. The fourth-order valence-electron chi connectivity index (χ4n) is 2.88. The Hall–Kier alpha value is -1.10. The third-order valence-corrected chi connectivity index (χ3v) is 4.79. The fourth-order valence-corrected chi connectivity index (χ4v) is 3.61. The van der Waals surface area contributed by atoms with E-state index in [1.807, 2.05) is 6.20 Å². The van der Waals surface area contributed by atoms with Crippen LogP contribution in [0.25, 0.3) is 0 Å². The monoisotopic (exact) mass is 309 g/mol. The standard InChI is InChI=1S/C15H19N3S.ClH/c1-15(12-5-3-2-4-6-12)7-8-18(11-15)10-13-9-17-14(16)19-13;/h2-6,9H,7-8,10-11H2,1H3,(H2,16,17);1H. The number of nitrogen functional groups attached to an aromatic ring is 1. The van der Waals surface area contributed by atoms with Crippen molar-refractivity contribution in [2.45, 2.75) is 25.3 Å². The molecule has 0 spiro atoms. The predicted octanol–water partition coefficient (Wildman–Crippen LogP) is 3.31. The van der Waals surface area contributed by atoms with Crippen molar-refractivity contribution in [1.82, 2.24) is 9.88 Å². The maximum absolute atomic E-state index is 5.69. The number of nitrogens with two attached hydrogens (primary N) is 1. The molecule has 108 valence electrons. The van der Waals surface area contributed by atoms with Gasteiger partial charge in [-0.2, -0.15) is 0 Å². The second-order valence-electron chi connectivity index (χ2n) is 5.55. The summed E-state index contributed by atoms with van der Waals surface area (Å²) in [6.07, 6.45) is 3.11. The first-order valence-corrected chi connectivity index (χ1v) is 7.45. The lowest BCUT2D eigenvalue weighted by Gasteiger charge is -2.25. The molecule has 0 saturated carbocycles. The van der Waals surface area contributed by atoms with Gasteiger partial charge in [0.15, 0.2) is 5.13 Å². The molecule has 1 aliphatic rings. The molecular weight excluding hydrogens is 290 g/mol. The first-order chi connectivity index (χ1) is 9.16. The van der Waals surface area contributed by atoms with E-state index in [4.69, 9.17) is 5.73 Å². The summed E-state index contributed by atoms with van der Waals surface area (Å²) < 4.78 is 0. The molecule has 1 aromatic heterocycles. The topological polar surface area (TPSA) is 42.2 Å². The second-order valence-corrected chi connectivity index (χ2v) is 6.70. The number of anilines is 1. The summed E-state index contributed by atoms with van der Waals surface area (Å²) in [6, 6.07) is 10.8. The Morgan fingerprint density at radius 1 is 1.35 bits per heavy atom. The van der Waals surface area contributed by atoms with Gasteiger partial charge < -0.3 is 5.73 Å². The Bertz CT molecular complexity index is 557. The molecule has 1 aromatic carbocycles.